The zero-order chi connectivity index (χ0) is 15.4. The maximum atomic E-state index is 12.0. The molecular weight excluding hydrogens is 294 g/mol. The van der Waals surface area contributed by atoms with Gasteiger partial charge in [0.25, 0.3) is 5.56 Å². The number of nitrogens with two attached hydrogens (primary N) is 1. The zero-order valence-corrected chi connectivity index (χ0v) is 12.1. The molecule has 7 heteroatoms. The minimum absolute atomic E-state index is 0.153. The summed E-state index contributed by atoms with van der Waals surface area (Å²) in [6.45, 7) is -0.153. The minimum atomic E-state index is -0.386. The number of anilines is 2. The highest BCUT2D eigenvalue weighted by molar-refractivity contribution is 6.31. The number of pyridine rings is 1. The van der Waals surface area contributed by atoms with Crippen LogP contribution in [0.4, 0.5) is 11.4 Å². The third-order valence-electron chi connectivity index (χ3n) is 2.76. The summed E-state index contributed by atoms with van der Waals surface area (Å²) in [7, 11) is 1.49. The van der Waals surface area contributed by atoms with Crippen LogP contribution in [-0.2, 0) is 11.3 Å². The summed E-state index contributed by atoms with van der Waals surface area (Å²) in [5.74, 6) is 0.0935. The van der Waals surface area contributed by atoms with Gasteiger partial charge in [-0.2, -0.15) is 0 Å². The largest absolute Gasteiger partial charge is 0.495 e. The molecule has 2 aromatic rings. The molecule has 0 unspecified atom stereocenters. The standard InChI is InChI=1S/C14H14ClN3O3/c1-21-12-4-2-9(15)6-11(12)17-13(19)8-18-7-10(16)3-5-14(18)20/h2-7H,8,16H2,1H3,(H,17,19). The molecule has 21 heavy (non-hydrogen) atoms. The number of hydrogen-bond donors (Lipinski definition) is 2. The molecule has 110 valence electrons. The first kappa shape index (κ1) is 14.9. The Hall–Kier alpha value is -2.47. The Morgan fingerprint density at radius 2 is 2.14 bits per heavy atom. The second-order valence-electron chi connectivity index (χ2n) is 4.32. The molecule has 0 saturated carbocycles. The fraction of sp³-hybridized carbons (Fsp3) is 0.143. The van der Waals surface area contributed by atoms with Crippen LogP contribution in [0.25, 0.3) is 0 Å². The van der Waals surface area contributed by atoms with Crippen LogP contribution in [0.3, 0.4) is 0 Å². The van der Waals surface area contributed by atoms with Crippen LogP contribution in [0.1, 0.15) is 0 Å². The number of nitrogen functional groups attached to an aromatic ring is 1. The summed E-state index contributed by atoms with van der Waals surface area (Å²) in [6.07, 6.45) is 1.41. The quantitative estimate of drug-likeness (QED) is 0.900. The van der Waals surface area contributed by atoms with E-state index in [1.54, 1.807) is 18.2 Å². The first-order valence-corrected chi connectivity index (χ1v) is 6.47. The van der Waals surface area contributed by atoms with E-state index in [1.165, 1.54) is 30.0 Å². The molecule has 1 aromatic heterocycles. The van der Waals surface area contributed by atoms with Crippen molar-refractivity contribution in [2.24, 2.45) is 0 Å². The molecule has 0 bridgehead atoms. The van der Waals surface area contributed by atoms with Gasteiger partial charge in [0.05, 0.1) is 12.8 Å². The van der Waals surface area contributed by atoms with Gasteiger partial charge in [-0.05, 0) is 24.3 Å². The number of nitrogens with one attached hydrogen (secondary N) is 1. The Balaban J connectivity index is 2.17. The molecule has 0 aliphatic carbocycles. The lowest BCUT2D eigenvalue weighted by molar-refractivity contribution is -0.116. The highest BCUT2D eigenvalue weighted by atomic mass is 35.5. The summed E-state index contributed by atoms with van der Waals surface area (Å²) in [4.78, 5) is 23.6. The lowest BCUT2D eigenvalue weighted by Crippen LogP contribution is -2.27. The van der Waals surface area contributed by atoms with Crippen molar-refractivity contribution in [3.05, 3.63) is 51.9 Å². The van der Waals surface area contributed by atoms with Crippen LogP contribution >= 0.6 is 11.6 Å². The van der Waals surface area contributed by atoms with Gasteiger partial charge in [0.15, 0.2) is 0 Å². The first-order chi connectivity index (χ1) is 9.99. The summed E-state index contributed by atoms with van der Waals surface area (Å²) in [5.41, 5.74) is 6.13. The average molecular weight is 308 g/mol. The predicted molar refractivity (Wildman–Crippen MR) is 81.7 cm³/mol. The van der Waals surface area contributed by atoms with Crippen LogP contribution < -0.4 is 21.3 Å². The Morgan fingerprint density at radius 3 is 2.86 bits per heavy atom. The van der Waals surface area contributed by atoms with Crippen molar-refractivity contribution in [1.29, 1.82) is 0 Å². The summed E-state index contributed by atoms with van der Waals surface area (Å²) >= 11 is 5.88. The Bertz CT molecular complexity index is 728. The number of aromatic nitrogens is 1. The topological polar surface area (TPSA) is 86.3 Å². The van der Waals surface area contributed by atoms with Gasteiger partial charge in [0, 0.05) is 23.0 Å². The highest BCUT2D eigenvalue weighted by Gasteiger charge is 2.09. The lowest BCUT2D eigenvalue weighted by Gasteiger charge is -2.11. The van der Waals surface area contributed by atoms with E-state index < -0.39 is 0 Å². The average Bonchev–Trinajstić information content (AvgIpc) is 2.43. The van der Waals surface area contributed by atoms with Crippen LogP contribution in [0.2, 0.25) is 5.02 Å². The van der Waals surface area contributed by atoms with Gasteiger partial charge in [0.1, 0.15) is 12.3 Å². The van der Waals surface area contributed by atoms with Crippen molar-refractivity contribution in [3.63, 3.8) is 0 Å². The highest BCUT2D eigenvalue weighted by Crippen LogP contribution is 2.27. The maximum absolute atomic E-state index is 12.0. The maximum Gasteiger partial charge on any atom is 0.251 e. The summed E-state index contributed by atoms with van der Waals surface area (Å²) < 4.78 is 6.36. The van der Waals surface area contributed by atoms with Gasteiger partial charge in [-0.1, -0.05) is 11.6 Å². The molecule has 1 amide bonds. The zero-order valence-electron chi connectivity index (χ0n) is 11.3. The molecule has 0 fully saturated rings. The monoisotopic (exact) mass is 307 g/mol. The molecule has 0 spiro atoms. The number of amides is 1. The number of rotatable bonds is 4. The Morgan fingerprint density at radius 1 is 1.38 bits per heavy atom. The van der Waals surface area contributed by atoms with Crippen LogP contribution in [0, 0.1) is 0 Å². The van der Waals surface area contributed by atoms with Crippen molar-refractivity contribution in [1.82, 2.24) is 4.57 Å². The fourth-order valence-electron chi connectivity index (χ4n) is 1.80. The van der Waals surface area contributed by atoms with Crippen molar-refractivity contribution in [3.8, 4) is 5.75 Å². The molecule has 0 aliphatic heterocycles. The smallest absolute Gasteiger partial charge is 0.251 e. The van der Waals surface area contributed by atoms with E-state index >= 15 is 0 Å². The SMILES string of the molecule is COc1ccc(Cl)cc1NC(=O)Cn1cc(N)ccc1=O. The van der Waals surface area contributed by atoms with Gasteiger partial charge in [-0.3, -0.25) is 9.59 Å². The minimum Gasteiger partial charge on any atom is -0.495 e. The molecule has 0 aliphatic rings. The number of carbonyl (C=O) groups excluding carboxylic acids is 1. The molecule has 2 rings (SSSR count). The van der Waals surface area contributed by atoms with Gasteiger partial charge < -0.3 is 20.4 Å². The third kappa shape index (κ3) is 3.76. The normalized spacial score (nSPS) is 10.2. The van der Waals surface area contributed by atoms with Crippen LogP contribution in [0.5, 0.6) is 5.75 Å². The molecule has 6 nitrogen and oxygen atoms in total. The van der Waals surface area contributed by atoms with Gasteiger partial charge >= 0.3 is 0 Å². The van der Waals surface area contributed by atoms with Gasteiger partial charge in [0.2, 0.25) is 5.91 Å². The molecular formula is C14H14ClN3O3. The third-order valence-corrected chi connectivity index (χ3v) is 2.99. The first-order valence-electron chi connectivity index (χ1n) is 6.09. The predicted octanol–water partition coefficient (Wildman–Crippen LogP) is 1.73. The van der Waals surface area contributed by atoms with E-state index in [4.69, 9.17) is 22.1 Å². The van der Waals surface area contributed by atoms with Gasteiger partial charge in [-0.15, -0.1) is 0 Å². The molecule has 0 radical (unpaired) electrons. The van der Waals surface area contributed by atoms with Crippen LogP contribution in [0.15, 0.2) is 41.3 Å². The van der Waals surface area contributed by atoms with E-state index in [-0.39, 0.29) is 18.0 Å². The van der Waals surface area contributed by atoms with Gasteiger partial charge in [-0.25, -0.2) is 0 Å². The van der Waals surface area contributed by atoms with E-state index in [1.807, 2.05) is 0 Å². The van der Waals surface area contributed by atoms with E-state index in [9.17, 15) is 9.59 Å². The van der Waals surface area contributed by atoms with E-state index in [0.29, 0.717) is 22.1 Å². The second kappa shape index (κ2) is 6.32. The number of ether oxygens (including phenoxy) is 1. The van der Waals surface area contributed by atoms with Crippen molar-refractivity contribution in [2.75, 3.05) is 18.2 Å². The number of halogens is 1. The molecule has 0 atom stereocenters. The molecule has 1 heterocycles. The van der Waals surface area contributed by atoms with Crippen molar-refractivity contribution >= 4 is 28.9 Å². The number of methoxy groups -OCH3 is 1. The number of benzene rings is 1. The number of carbonyl (C=O) groups is 1. The lowest BCUT2D eigenvalue weighted by atomic mass is 10.3. The van der Waals surface area contributed by atoms with Crippen molar-refractivity contribution < 1.29 is 9.53 Å². The summed E-state index contributed by atoms with van der Waals surface area (Å²) in [5, 5.41) is 3.11. The second-order valence-corrected chi connectivity index (χ2v) is 4.76. The molecule has 3 N–H and O–H groups in total. The molecule has 1 aromatic carbocycles. The summed E-state index contributed by atoms with van der Waals surface area (Å²) in [6, 6.07) is 7.66. The van der Waals surface area contributed by atoms with Crippen molar-refractivity contribution in [2.45, 2.75) is 6.54 Å². The number of nitrogens with zero attached hydrogens (tertiary/aromatic N) is 1. The fourth-order valence-corrected chi connectivity index (χ4v) is 1.97. The van der Waals surface area contributed by atoms with E-state index in [0.717, 1.165) is 0 Å². The number of hydrogen-bond acceptors (Lipinski definition) is 4. The Kier molecular flexibility index (Phi) is 4.49. The molecule has 0 saturated heterocycles. The van der Waals surface area contributed by atoms with Crippen LogP contribution in [-0.4, -0.2) is 17.6 Å². The van der Waals surface area contributed by atoms with E-state index in [2.05, 4.69) is 5.32 Å². The Labute approximate surface area is 126 Å².